The molecule has 1 aromatic rings. The highest BCUT2D eigenvalue weighted by molar-refractivity contribution is 5.73. The van der Waals surface area contributed by atoms with E-state index in [2.05, 4.69) is 5.32 Å². The summed E-state index contributed by atoms with van der Waals surface area (Å²) in [6, 6.07) is 8.42. The zero-order valence-electron chi connectivity index (χ0n) is 12.3. The first-order valence-corrected chi connectivity index (χ1v) is 7.08. The van der Waals surface area contributed by atoms with Gasteiger partial charge in [-0.1, -0.05) is 30.3 Å². The number of ether oxygens (including phenoxy) is 2. The molecule has 122 valence electrons. The SMILES string of the molecule is CC(=O)N[C@@H]1[C@H](OCc2ccccc2)O[C@H](CO)[C@@H](O)[C@@H]1O. The van der Waals surface area contributed by atoms with E-state index in [4.69, 9.17) is 9.47 Å². The molecule has 0 bridgehead atoms. The summed E-state index contributed by atoms with van der Waals surface area (Å²) in [6.45, 7) is 1.05. The smallest absolute Gasteiger partial charge is 0.217 e. The maximum absolute atomic E-state index is 11.3. The average Bonchev–Trinajstić information content (AvgIpc) is 2.52. The molecule has 0 saturated carbocycles. The second-order valence-corrected chi connectivity index (χ2v) is 5.23. The van der Waals surface area contributed by atoms with Crippen molar-refractivity contribution in [2.75, 3.05) is 6.61 Å². The van der Waals surface area contributed by atoms with Crippen molar-refractivity contribution in [3.8, 4) is 0 Å². The zero-order chi connectivity index (χ0) is 16.1. The molecule has 0 aliphatic carbocycles. The highest BCUT2D eigenvalue weighted by Crippen LogP contribution is 2.23. The first-order chi connectivity index (χ1) is 10.5. The molecule has 1 amide bonds. The Morgan fingerprint density at radius 3 is 2.55 bits per heavy atom. The van der Waals surface area contributed by atoms with E-state index in [0.29, 0.717) is 0 Å². The fourth-order valence-corrected chi connectivity index (χ4v) is 2.37. The van der Waals surface area contributed by atoms with E-state index >= 15 is 0 Å². The van der Waals surface area contributed by atoms with Crippen molar-refractivity contribution in [3.05, 3.63) is 35.9 Å². The normalized spacial score (nSPS) is 31.7. The van der Waals surface area contributed by atoms with Gasteiger partial charge in [-0.05, 0) is 5.56 Å². The van der Waals surface area contributed by atoms with Crippen molar-refractivity contribution in [2.24, 2.45) is 0 Å². The van der Waals surface area contributed by atoms with Gasteiger partial charge in [-0.2, -0.15) is 0 Å². The molecular formula is C15H21NO6. The monoisotopic (exact) mass is 311 g/mol. The molecule has 1 fully saturated rings. The Morgan fingerprint density at radius 2 is 1.95 bits per heavy atom. The fourth-order valence-electron chi connectivity index (χ4n) is 2.37. The molecule has 4 N–H and O–H groups in total. The molecule has 22 heavy (non-hydrogen) atoms. The second-order valence-electron chi connectivity index (χ2n) is 5.23. The van der Waals surface area contributed by atoms with Crippen LogP contribution in [-0.2, 0) is 20.9 Å². The number of hydrogen-bond donors (Lipinski definition) is 4. The highest BCUT2D eigenvalue weighted by atomic mass is 16.7. The molecule has 0 spiro atoms. The summed E-state index contributed by atoms with van der Waals surface area (Å²) in [6.07, 6.45) is -4.55. The summed E-state index contributed by atoms with van der Waals surface area (Å²) in [5.74, 6) is -0.379. The number of carbonyl (C=O) groups excluding carboxylic acids is 1. The molecular weight excluding hydrogens is 290 g/mol. The lowest BCUT2D eigenvalue weighted by Crippen LogP contribution is -2.64. The first-order valence-electron chi connectivity index (χ1n) is 7.08. The van der Waals surface area contributed by atoms with Crippen molar-refractivity contribution in [1.29, 1.82) is 0 Å². The summed E-state index contributed by atoms with van der Waals surface area (Å²) in [7, 11) is 0. The summed E-state index contributed by atoms with van der Waals surface area (Å²) < 4.78 is 11.1. The molecule has 7 nitrogen and oxygen atoms in total. The first kappa shape index (κ1) is 16.9. The quantitative estimate of drug-likeness (QED) is 0.564. The van der Waals surface area contributed by atoms with Crippen LogP contribution in [0.3, 0.4) is 0 Å². The van der Waals surface area contributed by atoms with E-state index in [1.165, 1.54) is 6.92 Å². The van der Waals surface area contributed by atoms with Gasteiger partial charge in [-0.15, -0.1) is 0 Å². The van der Waals surface area contributed by atoms with E-state index in [1.54, 1.807) is 0 Å². The van der Waals surface area contributed by atoms with Crippen molar-refractivity contribution in [1.82, 2.24) is 5.32 Å². The minimum absolute atomic E-state index is 0.211. The van der Waals surface area contributed by atoms with Crippen LogP contribution in [0.2, 0.25) is 0 Å². The Hall–Kier alpha value is -1.51. The van der Waals surface area contributed by atoms with Gasteiger partial charge in [0.1, 0.15) is 24.4 Å². The van der Waals surface area contributed by atoms with Crippen molar-refractivity contribution < 1.29 is 29.6 Å². The number of aliphatic hydroxyl groups excluding tert-OH is 3. The standard InChI is InChI=1S/C15H21NO6/c1-9(18)16-12-14(20)13(19)11(7-17)22-15(12)21-8-10-5-3-2-4-6-10/h2-6,11-15,17,19-20H,7-8H2,1H3,(H,16,18)/t11-,12+,13-,14-,15-/m1/s1. The minimum atomic E-state index is -1.31. The topological polar surface area (TPSA) is 108 Å². The average molecular weight is 311 g/mol. The van der Waals surface area contributed by atoms with Crippen LogP contribution in [0.25, 0.3) is 0 Å². The molecule has 0 unspecified atom stereocenters. The Bertz CT molecular complexity index is 482. The Morgan fingerprint density at radius 1 is 1.27 bits per heavy atom. The highest BCUT2D eigenvalue weighted by Gasteiger charge is 2.45. The van der Waals surface area contributed by atoms with Gasteiger partial charge in [0.25, 0.3) is 0 Å². The number of benzene rings is 1. The van der Waals surface area contributed by atoms with Gasteiger partial charge < -0.3 is 30.1 Å². The molecule has 5 atom stereocenters. The van der Waals surface area contributed by atoms with Crippen LogP contribution < -0.4 is 5.32 Å². The Labute approximate surface area is 128 Å². The predicted molar refractivity (Wildman–Crippen MR) is 76.6 cm³/mol. The van der Waals surface area contributed by atoms with Crippen molar-refractivity contribution in [3.63, 3.8) is 0 Å². The van der Waals surface area contributed by atoms with Crippen molar-refractivity contribution in [2.45, 2.75) is 44.2 Å². The molecule has 1 aromatic carbocycles. The molecule has 0 radical (unpaired) electrons. The Balaban J connectivity index is 2.07. The molecule has 1 aliphatic rings. The summed E-state index contributed by atoms with van der Waals surface area (Å²) in [4.78, 5) is 11.3. The summed E-state index contributed by atoms with van der Waals surface area (Å²) >= 11 is 0. The molecule has 0 aromatic heterocycles. The number of aliphatic hydroxyl groups is 3. The lowest BCUT2D eigenvalue weighted by atomic mass is 9.97. The van der Waals surface area contributed by atoms with Gasteiger partial charge in [0.15, 0.2) is 6.29 Å². The fraction of sp³-hybridized carbons (Fsp3) is 0.533. The van der Waals surface area contributed by atoms with E-state index in [9.17, 15) is 20.1 Å². The van der Waals surface area contributed by atoms with Crippen LogP contribution in [0.1, 0.15) is 12.5 Å². The van der Waals surface area contributed by atoms with Crippen LogP contribution in [0, 0.1) is 0 Å². The molecule has 7 heteroatoms. The van der Waals surface area contributed by atoms with E-state index in [0.717, 1.165) is 5.56 Å². The van der Waals surface area contributed by atoms with Gasteiger partial charge in [0.05, 0.1) is 13.2 Å². The second kappa shape index (κ2) is 7.66. The number of amides is 1. The zero-order valence-corrected chi connectivity index (χ0v) is 12.3. The van der Waals surface area contributed by atoms with E-state index in [-0.39, 0.29) is 12.5 Å². The maximum atomic E-state index is 11.3. The van der Waals surface area contributed by atoms with E-state index < -0.39 is 37.3 Å². The van der Waals surface area contributed by atoms with Gasteiger partial charge in [0, 0.05) is 6.92 Å². The van der Waals surface area contributed by atoms with Gasteiger partial charge in [0.2, 0.25) is 5.91 Å². The predicted octanol–water partition coefficient (Wildman–Crippen LogP) is -0.853. The van der Waals surface area contributed by atoms with Crippen LogP contribution in [0.5, 0.6) is 0 Å². The molecule has 2 rings (SSSR count). The van der Waals surface area contributed by atoms with Crippen LogP contribution in [0.15, 0.2) is 30.3 Å². The van der Waals surface area contributed by atoms with Gasteiger partial charge in [-0.25, -0.2) is 0 Å². The third-order valence-corrected chi connectivity index (χ3v) is 3.51. The largest absolute Gasteiger partial charge is 0.394 e. The van der Waals surface area contributed by atoms with Gasteiger partial charge in [-0.3, -0.25) is 4.79 Å². The van der Waals surface area contributed by atoms with Gasteiger partial charge >= 0.3 is 0 Å². The summed E-state index contributed by atoms with van der Waals surface area (Å²) in [5.41, 5.74) is 0.897. The molecule has 1 aliphatic heterocycles. The molecule has 1 saturated heterocycles. The third kappa shape index (κ3) is 4.02. The lowest BCUT2D eigenvalue weighted by Gasteiger charge is -2.42. The molecule has 1 heterocycles. The third-order valence-electron chi connectivity index (χ3n) is 3.51. The maximum Gasteiger partial charge on any atom is 0.217 e. The summed E-state index contributed by atoms with van der Waals surface area (Å²) in [5, 5.41) is 31.7. The lowest BCUT2D eigenvalue weighted by molar-refractivity contribution is -0.273. The minimum Gasteiger partial charge on any atom is -0.394 e. The van der Waals surface area contributed by atoms with E-state index in [1.807, 2.05) is 30.3 Å². The van der Waals surface area contributed by atoms with Crippen LogP contribution in [0.4, 0.5) is 0 Å². The number of hydrogen-bond acceptors (Lipinski definition) is 6. The van der Waals surface area contributed by atoms with Crippen LogP contribution >= 0.6 is 0 Å². The number of nitrogens with one attached hydrogen (secondary N) is 1. The van der Waals surface area contributed by atoms with Crippen molar-refractivity contribution >= 4 is 5.91 Å². The number of rotatable bonds is 5. The Kier molecular flexibility index (Phi) is 5.87. The number of carbonyl (C=O) groups is 1. The van der Waals surface area contributed by atoms with Crippen LogP contribution in [-0.4, -0.2) is 58.5 Å².